The van der Waals surface area contributed by atoms with E-state index in [-0.39, 0.29) is 18.5 Å². The lowest BCUT2D eigenvalue weighted by Gasteiger charge is -2.15. The lowest BCUT2D eigenvalue weighted by molar-refractivity contribution is -0.115. The Bertz CT molecular complexity index is 385. The van der Waals surface area contributed by atoms with Crippen LogP contribution in [0.4, 0.5) is 5.69 Å². The number of amides is 1. The Kier molecular flexibility index (Phi) is 6.72. The second-order valence-corrected chi connectivity index (χ2v) is 4.38. The van der Waals surface area contributed by atoms with Gasteiger partial charge in [-0.05, 0) is 18.6 Å². The molecule has 0 fully saturated rings. The molecule has 0 aromatic heterocycles. The number of para-hydroxylation sites is 1. The smallest absolute Gasteiger partial charge is 0.238 e. The van der Waals surface area contributed by atoms with Gasteiger partial charge in [0.1, 0.15) is 0 Å². The number of carbonyl (C=O) groups excluding carboxylic acids is 1. The fourth-order valence-electron chi connectivity index (χ4n) is 1.52. The topological polar surface area (TPSA) is 50.4 Å². The summed E-state index contributed by atoms with van der Waals surface area (Å²) in [6, 6.07) is 7.35. The first kappa shape index (κ1) is 15.0. The third kappa shape index (κ3) is 5.04. The van der Waals surface area contributed by atoms with Crippen molar-refractivity contribution < 1.29 is 9.53 Å². The van der Waals surface area contributed by atoms with E-state index in [0.29, 0.717) is 17.3 Å². The van der Waals surface area contributed by atoms with Crippen molar-refractivity contribution in [3.05, 3.63) is 29.3 Å². The van der Waals surface area contributed by atoms with Crippen molar-refractivity contribution >= 4 is 23.2 Å². The molecule has 1 aromatic carbocycles. The highest BCUT2D eigenvalue weighted by Gasteiger charge is 2.09. The van der Waals surface area contributed by atoms with Gasteiger partial charge in [-0.3, -0.25) is 4.79 Å². The second-order valence-electron chi connectivity index (χ2n) is 3.97. The molecule has 0 aliphatic heterocycles. The van der Waals surface area contributed by atoms with Gasteiger partial charge in [0.15, 0.2) is 0 Å². The van der Waals surface area contributed by atoms with Crippen molar-refractivity contribution in [1.82, 2.24) is 5.32 Å². The van der Waals surface area contributed by atoms with E-state index in [0.717, 1.165) is 6.42 Å². The van der Waals surface area contributed by atoms with E-state index in [4.69, 9.17) is 16.3 Å². The maximum absolute atomic E-state index is 11.7. The predicted molar refractivity (Wildman–Crippen MR) is 74.0 cm³/mol. The summed E-state index contributed by atoms with van der Waals surface area (Å²) >= 11 is 5.95. The molecule has 0 aliphatic carbocycles. The van der Waals surface area contributed by atoms with E-state index in [1.54, 1.807) is 19.2 Å². The number of halogens is 1. The predicted octanol–water partition coefficient (Wildman–Crippen LogP) is 2.29. The molecule has 1 unspecified atom stereocenters. The Labute approximate surface area is 113 Å². The normalized spacial score (nSPS) is 12.2. The molecule has 100 valence electrons. The molecule has 0 heterocycles. The van der Waals surface area contributed by atoms with Crippen molar-refractivity contribution in [3.63, 3.8) is 0 Å². The van der Waals surface area contributed by atoms with Crippen LogP contribution in [0.1, 0.15) is 13.3 Å². The van der Waals surface area contributed by atoms with Crippen molar-refractivity contribution in [3.8, 4) is 0 Å². The quantitative estimate of drug-likeness (QED) is 0.799. The van der Waals surface area contributed by atoms with Gasteiger partial charge >= 0.3 is 0 Å². The van der Waals surface area contributed by atoms with Crippen molar-refractivity contribution in [2.24, 2.45) is 0 Å². The molecular weight excluding hydrogens is 252 g/mol. The van der Waals surface area contributed by atoms with Crippen LogP contribution < -0.4 is 10.6 Å². The van der Waals surface area contributed by atoms with Crippen LogP contribution in [0.2, 0.25) is 5.02 Å². The van der Waals surface area contributed by atoms with Crippen molar-refractivity contribution in [2.75, 3.05) is 25.6 Å². The first-order chi connectivity index (χ1) is 8.67. The number of hydrogen-bond donors (Lipinski definition) is 2. The Morgan fingerprint density at radius 2 is 2.17 bits per heavy atom. The van der Waals surface area contributed by atoms with Crippen LogP contribution in [0.5, 0.6) is 0 Å². The molecule has 1 amide bonds. The molecule has 4 nitrogen and oxygen atoms in total. The Hall–Kier alpha value is -1.10. The van der Waals surface area contributed by atoms with Crippen LogP contribution in [-0.2, 0) is 9.53 Å². The van der Waals surface area contributed by atoms with Crippen LogP contribution >= 0.6 is 11.6 Å². The molecule has 5 heteroatoms. The van der Waals surface area contributed by atoms with E-state index in [9.17, 15) is 4.79 Å². The van der Waals surface area contributed by atoms with E-state index in [1.165, 1.54) is 0 Å². The van der Waals surface area contributed by atoms with E-state index in [1.807, 2.05) is 19.1 Å². The summed E-state index contributed by atoms with van der Waals surface area (Å²) in [5.41, 5.74) is 0.630. The number of ether oxygens (including phenoxy) is 1. The molecule has 18 heavy (non-hydrogen) atoms. The highest BCUT2D eigenvalue weighted by Crippen LogP contribution is 2.19. The van der Waals surface area contributed by atoms with E-state index >= 15 is 0 Å². The molecule has 0 aliphatic rings. The molecule has 0 saturated heterocycles. The minimum Gasteiger partial charge on any atom is -0.383 e. The molecule has 0 radical (unpaired) electrons. The molecule has 1 rings (SSSR count). The third-order valence-corrected chi connectivity index (χ3v) is 2.89. The minimum atomic E-state index is -0.113. The van der Waals surface area contributed by atoms with Crippen LogP contribution in [0.15, 0.2) is 24.3 Å². The highest BCUT2D eigenvalue weighted by molar-refractivity contribution is 6.33. The number of anilines is 1. The minimum absolute atomic E-state index is 0.113. The number of carbonyl (C=O) groups is 1. The van der Waals surface area contributed by atoms with E-state index < -0.39 is 0 Å². The zero-order valence-electron chi connectivity index (χ0n) is 10.7. The van der Waals surface area contributed by atoms with Gasteiger partial charge < -0.3 is 15.4 Å². The van der Waals surface area contributed by atoms with Crippen LogP contribution in [0.25, 0.3) is 0 Å². The van der Waals surface area contributed by atoms with Crippen LogP contribution in [-0.4, -0.2) is 32.2 Å². The lowest BCUT2D eigenvalue weighted by atomic mass is 10.2. The summed E-state index contributed by atoms with van der Waals surface area (Å²) in [6.45, 7) is 2.88. The molecule has 2 N–H and O–H groups in total. The molecule has 0 spiro atoms. The third-order valence-electron chi connectivity index (χ3n) is 2.56. The van der Waals surface area contributed by atoms with Gasteiger partial charge in [0.05, 0.1) is 23.9 Å². The SMILES string of the molecule is CCC(COC)NCC(=O)Nc1ccccc1Cl. The molecule has 0 bridgehead atoms. The number of methoxy groups -OCH3 is 1. The Morgan fingerprint density at radius 3 is 2.78 bits per heavy atom. The van der Waals surface area contributed by atoms with Crippen LogP contribution in [0, 0.1) is 0 Å². The standard InChI is InChI=1S/C13H19ClN2O2/c1-3-10(9-18-2)15-8-13(17)16-12-7-5-4-6-11(12)14/h4-7,10,15H,3,8-9H2,1-2H3,(H,16,17). The monoisotopic (exact) mass is 270 g/mol. The molecule has 1 atom stereocenters. The Morgan fingerprint density at radius 1 is 1.44 bits per heavy atom. The summed E-state index contributed by atoms with van der Waals surface area (Å²) in [7, 11) is 1.65. The van der Waals surface area contributed by atoms with E-state index in [2.05, 4.69) is 10.6 Å². The van der Waals surface area contributed by atoms with Gasteiger partial charge in [-0.2, -0.15) is 0 Å². The van der Waals surface area contributed by atoms with Gasteiger partial charge in [0, 0.05) is 13.2 Å². The number of rotatable bonds is 7. The molecule has 1 aromatic rings. The molecule has 0 saturated carbocycles. The summed E-state index contributed by atoms with van der Waals surface area (Å²) in [4.78, 5) is 11.7. The highest BCUT2D eigenvalue weighted by atomic mass is 35.5. The fraction of sp³-hybridized carbons (Fsp3) is 0.462. The van der Waals surface area contributed by atoms with Gasteiger partial charge in [0.25, 0.3) is 0 Å². The fourth-order valence-corrected chi connectivity index (χ4v) is 1.70. The first-order valence-electron chi connectivity index (χ1n) is 5.94. The summed E-state index contributed by atoms with van der Waals surface area (Å²) in [5.74, 6) is -0.113. The van der Waals surface area contributed by atoms with Crippen LogP contribution in [0.3, 0.4) is 0 Å². The summed E-state index contributed by atoms with van der Waals surface area (Å²) in [6.07, 6.45) is 0.910. The van der Waals surface area contributed by atoms with Gasteiger partial charge in [-0.1, -0.05) is 30.7 Å². The summed E-state index contributed by atoms with van der Waals surface area (Å²) < 4.78 is 5.05. The first-order valence-corrected chi connectivity index (χ1v) is 6.31. The second kappa shape index (κ2) is 8.08. The maximum Gasteiger partial charge on any atom is 0.238 e. The number of benzene rings is 1. The Balaban J connectivity index is 2.40. The average Bonchev–Trinajstić information content (AvgIpc) is 2.37. The van der Waals surface area contributed by atoms with Crippen molar-refractivity contribution in [1.29, 1.82) is 0 Å². The zero-order chi connectivity index (χ0) is 13.4. The van der Waals surface area contributed by atoms with Gasteiger partial charge in [0.2, 0.25) is 5.91 Å². The van der Waals surface area contributed by atoms with Gasteiger partial charge in [-0.15, -0.1) is 0 Å². The largest absolute Gasteiger partial charge is 0.383 e. The maximum atomic E-state index is 11.7. The number of hydrogen-bond acceptors (Lipinski definition) is 3. The zero-order valence-corrected chi connectivity index (χ0v) is 11.5. The lowest BCUT2D eigenvalue weighted by Crippen LogP contribution is -2.38. The number of nitrogens with one attached hydrogen (secondary N) is 2. The summed E-state index contributed by atoms with van der Waals surface area (Å²) in [5, 5.41) is 6.42. The average molecular weight is 271 g/mol. The van der Waals surface area contributed by atoms with Gasteiger partial charge in [-0.25, -0.2) is 0 Å². The van der Waals surface area contributed by atoms with Crippen molar-refractivity contribution in [2.45, 2.75) is 19.4 Å². The molecular formula is C13H19ClN2O2.